The number of carbonyl (C=O) groups excluding carboxylic acids is 1. The van der Waals surface area contributed by atoms with Gasteiger partial charge in [-0.3, -0.25) is 4.79 Å². The molecule has 0 spiro atoms. The molecular formula is C10H10F2O2S. The number of hydrogen-bond acceptors (Lipinski definition) is 3. The first-order valence-electron chi connectivity index (χ1n) is 4.58. The quantitative estimate of drug-likeness (QED) is 0.749. The van der Waals surface area contributed by atoms with Crippen molar-refractivity contribution < 1.29 is 18.3 Å². The van der Waals surface area contributed by atoms with Crippen LogP contribution in [-0.2, 0) is 0 Å². The number of carbonyl (C=O) groups is 1. The largest absolute Gasteiger partial charge is 0.487 e. The van der Waals surface area contributed by atoms with E-state index in [0.29, 0.717) is 9.94 Å². The van der Waals surface area contributed by atoms with Crippen molar-refractivity contribution in [2.45, 2.75) is 18.8 Å². The summed E-state index contributed by atoms with van der Waals surface area (Å²) in [6.45, 7) is 0. The average Bonchev–Trinajstić information content (AvgIpc) is 2.61. The summed E-state index contributed by atoms with van der Waals surface area (Å²) >= 11 is 1.20. The molecule has 0 bridgehead atoms. The molecule has 0 N–H and O–H groups in total. The van der Waals surface area contributed by atoms with Gasteiger partial charge in [0.1, 0.15) is 0 Å². The Balaban J connectivity index is 2.03. The fourth-order valence-corrected chi connectivity index (χ4v) is 2.45. The highest BCUT2D eigenvalue weighted by molar-refractivity contribution is 7.15. The van der Waals surface area contributed by atoms with Gasteiger partial charge in [0, 0.05) is 18.8 Å². The molecule has 1 aliphatic rings. The van der Waals surface area contributed by atoms with Crippen LogP contribution in [0, 0.1) is 5.92 Å². The van der Waals surface area contributed by atoms with Gasteiger partial charge in [-0.1, -0.05) is 11.3 Å². The highest BCUT2D eigenvalue weighted by atomic mass is 32.1. The van der Waals surface area contributed by atoms with Crippen molar-refractivity contribution in [1.29, 1.82) is 0 Å². The Hall–Kier alpha value is -0.970. The summed E-state index contributed by atoms with van der Waals surface area (Å²) in [5.41, 5.74) is 0. The average molecular weight is 232 g/mol. The number of thiophene rings is 1. The molecule has 1 aliphatic carbocycles. The van der Waals surface area contributed by atoms with Crippen molar-refractivity contribution in [3.63, 3.8) is 0 Å². The van der Waals surface area contributed by atoms with E-state index >= 15 is 0 Å². The smallest absolute Gasteiger partial charge is 0.249 e. The van der Waals surface area contributed by atoms with E-state index in [9.17, 15) is 13.6 Å². The van der Waals surface area contributed by atoms with Crippen molar-refractivity contribution >= 4 is 17.1 Å². The van der Waals surface area contributed by atoms with E-state index < -0.39 is 11.8 Å². The van der Waals surface area contributed by atoms with Gasteiger partial charge in [-0.2, -0.15) is 0 Å². The molecule has 0 unspecified atom stereocenters. The Bertz CT molecular complexity index is 379. The van der Waals surface area contributed by atoms with Crippen molar-refractivity contribution in [3.8, 4) is 5.06 Å². The lowest BCUT2D eigenvalue weighted by atomic mass is 9.78. The zero-order valence-electron chi connectivity index (χ0n) is 8.13. The van der Waals surface area contributed by atoms with E-state index in [4.69, 9.17) is 4.74 Å². The molecular weight excluding hydrogens is 222 g/mol. The molecule has 5 heteroatoms. The molecule has 0 aliphatic heterocycles. The lowest BCUT2D eigenvalue weighted by molar-refractivity contribution is -0.0981. The number of Topliss-reactive ketones (excluding diaryl/α,β-unsaturated/α-hetero) is 1. The SMILES string of the molecule is COc1ccc(C(=O)C2CC(F)(F)C2)s1. The molecule has 1 saturated carbocycles. The van der Waals surface area contributed by atoms with Crippen LogP contribution in [0.25, 0.3) is 0 Å². The fourth-order valence-electron chi connectivity index (χ4n) is 1.61. The van der Waals surface area contributed by atoms with Crippen molar-refractivity contribution in [2.75, 3.05) is 7.11 Å². The molecule has 0 aromatic carbocycles. The minimum atomic E-state index is -2.64. The molecule has 1 aromatic heterocycles. The molecule has 0 saturated heterocycles. The van der Waals surface area contributed by atoms with Gasteiger partial charge < -0.3 is 4.74 Å². The number of ether oxygens (including phenoxy) is 1. The molecule has 2 nitrogen and oxygen atoms in total. The Morgan fingerprint density at radius 3 is 2.67 bits per heavy atom. The minimum Gasteiger partial charge on any atom is -0.487 e. The van der Waals surface area contributed by atoms with Gasteiger partial charge in [-0.05, 0) is 12.1 Å². The van der Waals surface area contributed by atoms with Crippen LogP contribution in [0.4, 0.5) is 8.78 Å². The third kappa shape index (κ3) is 2.02. The predicted octanol–water partition coefficient (Wildman–Crippen LogP) is 2.98. The number of rotatable bonds is 3. The fraction of sp³-hybridized carbons (Fsp3) is 0.500. The molecule has 0 radical (unpaired) electrons. The molecule has 15 heavy (non-hydrogen) atoms. The van der Waals surface area contributed by atoms with Crippen LogP contribution < -0.4 is 4.74 Å². The van der Waals surface area contributed by atoms with Gasteiger partial charge in [0.05, 0.1) is 12.0 Å². The highest BCUT2D eigenvalue weighted by Gasteiger charge is 2.48. The first kappa shape index (κ1) is 10.5. The Morgan fingerprint density at radius 1 is 1.53 bits per heavy atom. The second kappa shape index (κ2) is 3.56. The van der Waals surface area contributed by atoms with Gasteiger partial charge in [0.15, 0.2) is 10.8 Å². The summed E-state index contributed by atoms with van der Waals surface area (Å²) in [5.74, 6) is -3.33. The maximum atomic E-state index is 12.6. The van der Waals surface area contributed by atoms with Crippen molar-refractivity contribution in [3.05, 3.63) is 17.0 Å². The molecule has 0 atom stereocenters. The molecule has 1 heterocycles. The van der Waals surface area contributed by atoms with Gasteiger partial charge in [0.25, 0.3) is 0 Å². The maximum absolute atomic E-state index is 12.6. The summed E-state index contributed by atoms with van der Waals surface area (Å²) in [7, 11) is 1.51. The number of methoxy groups -OCH3 is 1. The minimum absolute atomic E-state index is 0.186. The summed E-state index contributed by atoms with van der Waals surface area (Å²) < 4.78 is 30.1. The van der Waals surface area contributed by atoms with E-state index in [1.807, 2.05) is 0 Å². The predicted molar refractivity (Wildman–Crippen MR) is 52.9 cm³/mol. The van der Waals surface area contributed by atoms with E-state index in [0.717, 1.165) is 0 Å². The second-order valence-electron chi connectivity index (χ2n) is 3.65. The molecule has 82 valence electrons. The van der Waals surface area contributed by atoms with Crippen LogP contribution in [0.15, 0.2) is 12.1 Å². The van der Waals surface area contributed by atoms with E-state index in [1.165, 1.54) is 18.4 Å². The number of halogens is 2. The maximum Gasteiger partial charge on any atom is 0.249 e. The zero-order chi connectivity index (χ0) is 11.1. The molecule has 2 rings (SSSR count). The Morgan fingerprint density at radius 2 is 2.20 bits per heavy atom. The van der Waals surface area contributed by atoms with Crippen molar-refractivity contribution in [2.24, 2.45) is 5.92 Å². The van der Waals surface area contributed by atoms with Gasteiger partial charge >= 0.3 is 0 Å². The van der Waals surface area contributed by atoms with Crippen LogP contribution in [0.1, 0.15) is 22.5 Å². The van der Waals surface area contributed by atoms with Crippen LogP contribution in [0.3, 0.4) is 0 Å². The summed E-state index contributed by atoms with van der Waals surface area (Å²) in [5, 5.41) is 0.629. The van der Waals surface area contributed by atoms with Crippen LogP contribution in [0.5, 0.6) is 5.06 Å². The van der Waals surface area contributed by atoms with Crippen LogP contribution >= 0.6 is 11.3 Å². The number of ketones is 1. The van der Waals surface area contributed by atoms with E-state index in [-0.39, 0.29) is 18.6 Å². The van der Waals surface area contributed by atoms with Gasteiger partial charge in [-0.25, -0.2) is 8.78 Å². The monoisotopic (exact) mass is 232 g/mol. The lowest BCUT2D eigenvalue weighted by Crippen LogP contribution is -2.39. The van der Waals surface area contributed by atoms with E-state index in [1.54, 1.807) is 12.1 Å². The van der Waals surface area contributed by atoms with Crippen LogP contribution in [-0.4, -0.2) is 18.8 Å². The van der Waals surface area contributed by atoms with Gasteiger partial charge in [-0.15, -0.1) is 0 Å². The summed E-state index contributed by atoms with van der Waals surface area (Å²) in [4.78, 5) is 12.2. The number of hydrogen-bond donors (Lipinski definition) is 0. The van der Waals surface area contributed by atoms with E-state index in [2.05, 4.69) is 0 Å². The molecule has 1 fully saturated rings. The standard InChI is InChI=1S/C10H10F2O2S/c1-14-8-3-2-7(15-8)9(13)6-4-10(11,12)5-6/h2-3,6H,4-5H2,1H3. The van der Waals surface area contributed by atoms with Crippen molar-refractivity contribution in [1.82, 2.24) is 0 Å². The molecule has 1 aromatic rings. The zero-order valence-corrected chi connectivity index (χ0v) is 8.94. The van der Waals surface area contributed by atoms with Gasteiger partial charge in [0.2, 0.25) is 5.92 Å². The topological polar surface area (TPSA) is 26.3 Å². The molecule has 0 amide bonds. The third-order valence-electron chi connectivity index (χ3n) is 2.49. The van der Waals surface area contributed by atoms with Crippen LogP contribution in [0.2, 0.25) is 0 Å². The highest BCUT2D eigenvalue weighted by Crippen LogP contribution is 2.44. The third-order valence-corrected chi connectivity index (χ3v) is 3.55. The lowest BCUT2D eigenvalue weighted by Gasteiger charge is -2.33. The Kier molecular flexibility index (Phi) is 2.50. The normalized spacial score (nSPS) is 19.7. The summed E-state index contributed by atoms with van der Waals surface area (Å²) in [6.07, 6.45) is -0.627. The summed E-state index contributed by atoms with van der Waals surface area (Å²) in [6, 6.07) is 3.30. The Labute approximate surface area is 89.9 Å². The second-order valence-corrected chi connectivity index (χ2v) is 4.69. The first-order valence-corrected chi connectivity index (χ1v) is 5.39. The number of alkyl halides is 2. The first-order chi connectivity index (χ1) is 7.02.